The van der Waals surface area contributed by atoms with Crippen molar-refractivity contribution >= 4 is 12.6 Å². The number of rotatable bonds is 5. The van der Waals surface area contributed by atoms with Gasteiger partial charge >= 0.3 is 0 Å². The Hall–Kier alpha value is -0.430. The predicted molar refractivity (Wildman–Crippen MR) is 61.0 cm³/mol. The van der Waals surface area contributed by atoms with Crippen molar-refractivity contribution in [2.45, 2.75) is 26.2 Å². The van der Waals surface area contributed by atoms with Gasteiger partial charge in [-0.2, -0.15) is 0 Å². The fraction of sp³-hybridized carbons (Fsp3) is 0.500. The van der Waals surface area contributed by atoms with Gasteiger partial charge in [-0.15, -0.1) is 0 Å². The van der Waals surface area contributed by atoms with Crippen LogP contribution in [0.2, 0.25) is 0 Å². The zero-order valence-electron chi connectivity index (χ0n) is 8.20. The lowest BCUT2D eigenvalue weighted by molar-refractivity contribution is 0.521. The van der Waals surface area contributed by atoms with Gasteiger partial charge in [-0.1, -0.05) is 49.9 Å². The Morgan fingerprint density at radius 1 is 1.15 bits per heavy atom. The van der Waals surface area contributed by atoms with Crippen molar-refractivity contribution in [3.8, 4) is 0 Å². The third-order valence-corrected chi connectivity index (χ3v) is 2.61. The Bertz CT molecular complexity index is 218. The first kappa shape index (κ1) is 10.6. The van der Waals surface area contributed by atoms with Crippen molar-refractivity contribution < 1.29 is 0 Å². The molecule has 0 amide bonds. The minimum absolute atomic E-state index is 0.776. The van der Waals surface area contributed by atoms with E-state index >= 15 is 0 Å². The lowest BCUT2D eigenvalue weighted by Crippen LogP contribution is -1.97. The average molecular weight is 193 g/mol. The van der Waals surface area contributed by atoms with Crippen molar-refractivity contribution in [3.63, 3.8) is 0 Å². The first-order valence-corrected chi connectivity index (χ1v) is 5.52. The normalized spacial score (nSPS) is 12.8. The van der Waals surface area contributed by atoms with E-state index < -0.39 is 0 Å². The predicted octanol–water partition coefficient (Wildman–Crippen LogP) is 3.84. The van der Waals surface area contributed by atoms with Gasteiger partial charge in [-0.3, -0.25) is 0 Å². The van der Waals surface area contributed by atoms with E-state index in [0.717, 1.165) is 11.7 Å². The summed E-state index contributed by atoms with van der Waals surface area (Å²) >= 11 is 4.96. The van der Waals surface area contributed by atoms with Crippen molar-refractivity contribution in [1.29, 1.82) is 0 Å². The summed E-state index contributed by atoms with van der Waals surface area (Å²) in [5.74, 6) is 1.67. The smallest absolute Gasteiger partial charge is 0.00394 e. The number of hydrogen-bond acceptors (Lipinski definition) is 0. The highest BCUT2D eigenvalue weighted by molar-refractivity contribution is 7.80. The van der Waals surface area contributed by atoms with Gasteiger partial charge < -0.3 is 0 Å². The van der Waals surface area contributed by atoms with E-state index in [-0.39, 0.29) is 0 Å². The highest BCUT2D eigenvalue weighted by atomic mass is 32.1. The van der Waals surface area contributed by atoms with Gasteiger partial charge in [0, 0.05) is 5.75 Å². The molecule has 71 valence electrons. The third kappa shape index (κ3) is 4.37. The van der Waals surface area contributed by atoms with Gasteiger partial charge in [0.15, 0.2) is 0 Å². The average Bonchev–Trinajstić information content (AvgIpc) is 2.17. The molecule has 1 aromatic rings. The summed E-state index contributed by atoms with van der Waals surface area (Å²) < 4.78 is 0. The number of benzene rings is 1. The molecule has 0 nitrogen and oxygen atoms in total. The standard InChI is InChI=1S/C12H17S/c1-11(9-10-13)7-8-12-5-3-2-4-6-12/h2-6,11H,7-10H2,1H3. The Balaban J connectivity index is 2.27. The van der Waals surface area contributed by atoms with E-state index in [1.165, 1.54) is 24.8 Å². The molecule has 1 rings (SSSR count). The third-order valence-electron chi connectivity index (χ3n) is 2.38. The molecule has 0 aromatic heterocycles. The second-order valence-electron chi connectivity index (χ2n) is 3.62. The largest absolute Gasteiger partial charge is 0.0941 e. The Kier molecular flexibility index (Phi) is 4.99. The van der Waals surface area contributed by atoms with Crippen LogP contribution in [0.15, 0.2) is 30.3 Å². The maximum absolute atomic E-state index is 4.96. The maximum Gasteiger partial charge on any atom is 0.00394 e. The van der Waals surface area contributed by atoms with Crippen LogP contribution in [0.3, 0.4) is 0 Å². The summed E-state index contributed by atoms with van der Waals surface area (Å²) in [7, 11) is 0. The van der Waals surface area contributed by atoms with Crippen molar-refractivity contribution in [2.75, 3.05) is 5.75 Å². The lowest BCUT2D eigenvalue weighted by atomic mass is 9.99. The fourth-order valence-electron chi connectivity index (χ4n) is 1.40. The van der Waals surface area contributed by atoms with Crippen LogP contribution in [0.25, 0.3) is 0 Å². The molecule has 13 heavy (non-hydrogen) atoms. The SMILES string of the molecule is CC(CC[S])CCc1ccccc1. The van der Waals surface area contributed by atoms with Gasteiger partial charge in [-0.25, -0.2) is 0 Å². The molecule has 0 heterocycles. The monoisotopic (exact) mass is 193 g/mol. The molecular formula is C12H17S. The molecule has 1 unspecified atom stereocenters. The van der Waals surface area contributed by atoms with Gasteiger partial charge in [0.2, 0.25) is 0 Å². The van der Waals surface area contributed by atoms with E-state index in [1.807, 2.05) is 0 Å². The molecule has 0 aliphatic carbocycles. The molecule has 0 fully saturated rings. The summed E-state index contributed by atoms with van der Waals surface area (Å²) in [5, 5.41) is 0. The molecule has 1 heteroatoms. The van der Waals surface area contributed by atoms with Crippen molar-refractivity contribution in [3.05, 3.63) is 35.9 Å². The van der Waals surface area contributed by atoms with Crippen molar-refractivity contribution in [1.82, 2.24) is 0 Å². The van der Waals surface area contributed by atoms with E-state index in [4.69, 9.17) is 12.6 Å². The second-order valence-corrected chi connectivity index (χ2v) is 4.03. The molecule has 1 radical (unpaired) electrons. The molecule has 0 spiro atoms. The van der Waals surface area contributed by atoms with Crippen LogP contribution >= 0.6 is 12.6 Å². The highest BCUT2D eigenvalue weighted by Crippen LogP contribution is 2.12. The van der Waals surface area contributed by atoms with Crippen LogP contribution in [-0.4, -0.2) is 5.75 Å². The second kappa shape index (κ2) is 6.09. The zero-order chi connectivity index (χ0) is 9.52. The van der Waals surface area contributed by atoms with Crippen LogP contribution in [0.4, 0.5) is 0 Å². The first-order chi connectivity index (χ1) is 6.33. The Morgan fingerprint density at radius 2 is 1.85 bits per heavy atom. The Labute approximate surface area is 86.8 Å². The van der Waals surface area contributed by atoms with E-state index in [2.05, 4.69) is 37.3 Å². The number of aryl methyl sites for hydroxylation is 1. The summed E-state index contributed by atoms with van der Waals surface area (Å²) in [5.41, 5.74) is 1.44. The van der Waals surface area contributed by atoms with Crippen LogP contribution in [-0.2, 0) is 6.42 Å². The maximum atomic E-state index is 4.96. The van der Waals surface area contributed by atoms with Gasteiger partial charge in [0.1, 0.15) is 0 Å². The Morgan fingerprint density at radius 3 is 2.46 bits per heavy atom. The van der Waals surface area contributed by atoms with E-state index in [0.29, 0.717) is 0 Å². The van der Waals surface area contributed by atoms with E-state index in [9.17, 15) is 0 Å². The molecule has 0 bridgehead atoms. The van der Waals surface area contributed by atoms with E-state index in [1.54, 1.807) is 0 Å². The molecular weight excluding hydrogens is 176 g/mol. The highest BCUT2D eigenvalue weighted by Gasteiger charge is 2.00. The van der Waals surface area contributed by atoms with Crippen LogP contribution < -0.4 is 0 Å². The lowest BCUT2D eigenvalue weighted by Gasteiger charge is -2.08. The molecule has 0 saturated heterocycles. The fourth-order valence-corrected chi connectivity index (χ4v) is 1.81. The van der Waals surface area contributed by atoms with Crippen molar-refractivity contribution in [2.24, 2.45) is 5.92 Å². The molecule has 1 aromatic carbocycles. The minimum Gasteiger partial charge on any atom is -0.0941 e. The molecule has 0 N–H and O–H groups in total. The molecule has 0 aliphatic rings. The quantitative estimate of drug-likeness (QED) is 0.666. The summed E-state index contributed by atoms with van der Waals surface area (Å²) in [6, 6.07) is 10.7. The number of hydrogen-bond donors (Lipinski definition) is 0. The van der Waals surface area contributed by atoms with Crippen LogP contribution in [0.5, 0.6) is 0 Å². The summed E-state index contributed by atoms with van der Waals surface area (Å²) in [6.07, 6.45) is 3.64. The van der Waals surface area contributed by atoms with Crippen LogP contribution in [0, 0.1) is 5.92 Å². The van der Waals surface area contributed by atoms with Gasteiger partial charge in [0.05, 0.1) is 0 Å². The van der Waals surface area contributed by atoms with Gasteiger partial charge in [-0.05, 0) is 30.7 Å². The molecule has 0 saturated carbocycles. The molecule has 0 aliphatic heterocycles. The topological polar surface area (TPSA) is 0 Å². The molecule has 1 atom stereocenters. The summed E-state index contributed by atoms with van der Waals surface area (Å²) in [4.78, 5) is 0. The van der Waals surface area contributed by atoms with Crippen LogP contribution in [0.1, 0.15) is 25.3 Å². The minimum atomic E-state index is 0.776. The zero-order valence-corrected chi connectivity index (χ0v) is 9.02. The first-order valence-electron chi connectivity index (χ1n) is 4.95. The summed E-state index contributed by atoms with van der Waals surface area (Å²) in [6.45, 7) is 2.29. The van der Waals surface area contributed by atoms with Gasteiger partial charge in [0.25, 0.3) is 0 Å².